The quantitative estimate of drug-likeness (QED) is 0.279. The zero-order valence-electron chi connectivity index (χ0n) is 20.8. The highest BCUT2D eigenvalue weighted by molar-refractivity contribution is 5.71. The molecule has 0 heterocycles. The van der Waals surface area contributed by atoms with Crippen molar-refractivity contribution in [2.45, 2.75) is 84.0 Å². The summed E-state index contributed by atoms with van der Waals surface area (Å²) in [5, 5.41) is 0. The third kappa shape index (κ3) is 5.95. The molecule has 0 amide bonds. The van der Waals surface area contributed by atoms with Gasteiger partial charge in [0.1, 0.15) is 11.6 Å². The molecule has 34 heavy (non-hydrogen) atoms. The maximum atomic E-state index is 15.1. The summed E-state index contributed by atoms with van der Waals surface area (Å²) < 4.78 is 30.2. The Morgan fingerprint density at radius 3 is 2.00 bits per heavy atom. The van der Waals surface area contributed by atoms with E-state index in [0.717, 1.165) is 41.9 Å². The van der Waals surface area contributed by atoms with E-state index in [1.807, 2.05) is 18.2 Å². The number of aryl methyl sites for hydroxylation is 1. The van der Waals surface area contributed by atoms with E-state index >= 15 is 8.78 Å². The Kier molecular flexibility index (Phi) is 8.53. The molecule has 1 saturated carbocycles. The van der Waals surface area contributed by atoms with Crippen LogP contribution in [0.25, 0.3) is 22.3 Å². The van der Waals surface area contributed by atoms with Crippen molar-refractivity contribution in [3.63, 3.8) is 0 Å². The second-order valence-electron chi connectivity index (χ2n) is 10.1. The number of benzene rings is 3. The van der Waals surface area contributed by atoms with Gasteiger partial charge < -0.3 is 0 Å². The van der Waals surface area contributed by atoms with E-state index in [4.69, 9.17) is 0 Å². The normalized spacial score (nSPS) is 18.2. The minimum Gasteiger partial charge on any atom is -0.207 e. The summed E-state index contributed by atoms with van der Waals surface area (Å²) in [6, 6.07) is 19.0. The number of halogens is 2. The van der Waals surface area contributed by atoms with Gasteiger partial charge in [-0.05, 0) is 90.3 Å². The van der Waals surface area contributed by atoms with Crippen molar-refractivity contribution in [1.29, 1.82) is 0 Å². The molecule has 0 bridgehead atoms. The maximum Gasteiger partial charge on any atom is 0.131 e. The Bertz CT molecular complexity index is 1060. The number of unbranched alkanes of at least 4 members (excludes halogenated alkanes) is 2. The van der Waals surface area contributed by atoms with Crippen molar-refractivity contribution >= 4 is 0 Å². The van der Waals surface area contributed by atoms with Gasteiger partial charge in [0.15, 0.2) is 0 Å². The summed E-state index contributed by atoms with van der Waals surface area (Å²) in [7, 11) is 0. The van der Waals surface area contributed by atoms with Crippen LogP contribution in [0.2, 0.25) is 0 Å². The summed E-state index contributed by atoms with van der Waals surface area (Å²) in [4.78, 5) is 0. The molecule has 0 unspecified atom stereocenters. The fourth-order valence-corrected chi connectivity index (χ4v) is 5.57. The Hall–Kier alpha value is -2.48. The monoisotopic (exact) mass is 460 g/mol. The van der Waals surface area contributed by atoms with E-state index < -0.39 is 0 Å². The third-order valence-electron chi connectivity index (χ3n) is 7.62. The molecule has 0 spiro atoms. The average molecular weight is 461 g/mol. The van der Waals surface area contributed by atoms with Crippen LogP contribution in [0.15, 0.2) is 60.7 Å². The first-order valence-corrected chi connectivity index (χ1v) is 13.3. The highest BCUT2D eigenvalue weighted by Gasteiger charge is 2.24. The van der Waals surface area contributed by atoms with E-state index in [-0.39, 0.29) is 11.6 Å². The molecule has 0 N–H and O–H groups in total. The van der Waals surface area contributed by atoms with Crippen LogP contribution in [0.4, 0.5) is 8.78 Å². The minimum atomic E-state index is -0.309. The molecule has 0 aromatic heterocycles. The van der Waals surface area contributed by atoms with Crippen molar-refractivity contribution in [1.82, 2.24) is 0 Å². The molecule has 0 atom stereocenters. The Morgan fingerprint density at radius 2 is 1.35 bits per heavy atom. The van der Waals surface area contributed by atoms with Crippen LogP contribution in [-0.4, -0.2) is 0 Å². The van der Waals surface area contributed by atoms with Crippen LogP contribution in [0.5, 0.6) is 0 Å². The van der Waals surface area contributed by atoms with Crippen LogP contribution < -0.4 is 0 Å². The molecule has 180 valence electrons. The van der Waals surface area contributed by atoms with Gasteiger partial charge in [-0.15, -0.1) is 0 Å². The lowest BCUT2D eigenvalue weighted by molar-refractivity contribution is 0.304. The third-order valence-corrected chi connectivity index (χ3v) is 7.62. The Balaban J connectivity index is 1.46. The lowest BCUT2D eigenvalue weighted by Gasteiger charge is -2.29. The first-order chi connectivity index (χ1) is 16.6. The summed E-state index contributed by atoms with van der Waals surface area (Å²) in [5.41, 5.74) is 5.04. The molecule has 4 rings (SSSR count). The van der Waals surface area contributed by atoms with Crippen molar-refractivity contribution in [3.05, 3.63) is 83.4 Å². The van der Waals surface area contributed by atoms with E-state index in [9.17, 15) is 0 Å². The molecule has 2 heteroatoms. The molecule has 0 radical (unpaired) electrons. The Labute approximate surface area is 204 Å². The number of rotatable bonds is 9. The lowest BCUT2D eigenvalue weighted by Crippen LogP contribution is -2.14. The zero-order valence-corrected chi connectivity index (χ0v) is 20.8. The summed E-state index contributed by atoms with van der Waals surface area (Å²) in [5.74, 6) is 0.586. The molecule has 1 aliphatic carbocycles. The van der Waals surface area contributed by atoms with Gasteiger partial charge in [0.05, 0.1) is 0 Å². The molecular weight excluding hydrogens is 422 g/mol. The van der Waals surface area contributed by atoms with Crippen LogP contribution in [0.1, 0.15) is 88.7 Å². The summed E-state index contributed by atoms with van der Waals surface area (Å²) in [6.07, 6.45) is 11.8. The van der Waals surface area contributed by atoms with Gasteiger partial charge >= 0.3 is 0 Å². The van der Waals surface area contributed by atoms with Gasteiger partial charge in [0.25, 0.3) is 0 Å². The van der Waals surface area contributed by atoms with Gasteiger partial charge in [0, 0.05) is 5.56 Å². The number of hydrogen-bond acceptors (Lipinski definition) is 0. The largest absolute Gasteiger partial charge is 0.207 e. The topological polar surface area (TPSA) is 0 Å². The van der Waals surface area contributed by atoms with Crippen molar-refractivity contribution in [2.24, 2.45) is 5.92 Å². The highest BCUT2D eigenvalue weighted by Crippen LogP contribution is 2.39. The van der Waals surface area contributed by atoms with E-state index in [0.29, 0.717) is 17.0 Å². The van der Waals surface area contributed by atoms with Crippen molar-refractivity contribution in [3.8, 4) is 22.3 Å². The van der Waals surface area contributed by atoms with Crippen molar-refractivity contribution < 1.29 is 8.78 Å². The predicted molar refractivity (Wildman–Crippen MR) is 140 cm³/mol. The highest BCUT2D eigenvalue weighted by atomic mass is 19.1. The fraction of sp³-hybridized carbons (Fsp3) is 0.438. The van der Waals surface area contributed by atoms with Crippen LogP contribution in [0.3, 0.4) is 0 Å². The molecule has 1 aliphatic rings. The summed E-state index contributed by atoms with van der Waals surface area (Å²) in [6.45, 7) is 4.45. The van der Waals surface area contributed by atoms with Gasteiger partial charge in [-0.1, -0.05) is 88.1 Å². The molecule has 0 saturated heterocycles. The molecule has 0 nitrogen and oxygen atoms in total. The first-order valence-electron chi connectivity index (χ1n) is 13.3. The van der Waals surface area contributed by atoms with E-state index in [1.165, 1.54) is 56.6 Å². The average Bonchev–Trinajstić information content (AvgIpc) is 2.85. The molecule has 1 fully saturated rings. The molecule has 3 aromatic carbocycles. The van der Waals surface area contributed by atoms with Gasteiger partial charge in [-0.3, -0.25) is 0 Å². The second kappa shape index (κ2) is 11.8. The number of hydrogen-bond donors (Lipinski definition) is 0. The van der Waals surface area contributed by atoms with Crippen LogP contribution in [0, 0.1) is 17.6 Å². The molecular formula is C32H38F2. The van der Waals surface area contributed by atoms with E-state index in [2.05, 4.69) is 38.1 Å². The second-order valence-corrected chi connectivity index (χ2v) is 10.1. The van der Waals surface area contributed by atoms with Gasteiger partial charge in [-0.25, -0.2) is 8.78 Å². The maximum absolute atomic E-state index is 15.1. The summed E-state index contributed by atoms with van der Waals surface area (Å²) >= 11 is 0. The fourth-order valence-electron chi connectivity index (χ4n) is 5.57. The lowest BCUT2D eigenvalue weighted by atomic mass is 9.77. The van der Waals surface area contributed by atoms with Crippen molar-refractivity contribution in [2.75, 3.05) is 0 Å². The van der Waals surface area contributed by atoms with Gasteiger partial charge in [-0.2, -0.15) is 0 Å². The minimum absolute atomic E-state index is 0.196. The van der Waals surface area contributed by atoms with Gasteiger partial charge in [0.2, 0.25) is 0 Å². The SMILES string of the molecule is CCCCCc1ccc(-c2ccc(-c3ccc(C4CCC(CCC)CC4)c(F)c3)c(F)c2)cc1. The van der Waals surface area contributed by atoms with Crippen LogP contribution in [-0.2, 0) is 6.42 Å². The zero-order chi connectivity index (χ0) is 23.9. The van der Waals surface area contributed by atoms with Crippen LogP contribution >= 0.6 is 0 Å². The predicted octanol–water partition coefficient (Wildman–Crippen LogP) is 10.1. The first kappa shape index (κ1) is 24.6. The Morgan fingerprint density at radius 1 is 0.676 bits per heavy atom. The van der Waals surface area contributed by atoms with E-state index in [1.54, 1.807) is 12.1 Å². The smallest absolute Gasteiger partial charge is 0.131 e. The molecule has 3 aromatic rings. The standard InChI is InChI=1S/C32H38F2/c1-3-5-6-8-24-9-13-25(14-10-24)27-17-19-30(31(33)21-27)28-18-20-29(32(34)22-28)26-15-11-23(7-4-2)12-16-26/h9-10,13-14,17-23,26H,3-8,11-12,15-16H2,1-2H3. The molecule has 0 aliphatic heterocycles.